The van der Waals surface area contributed by atoms with Gasteiger partial charge in [-0.05, 0) is 55.5 Å². The molecule has 5 heteroatoms. The van der Waals surface area contributed by atoms with E-state index in [2.05, 4.69) is 14.9 Å². The number of aromatic nitrogens is 2. The number of hydrogen-bond donors (Lipinski definition) is 1. The van der Waals surface area contributed by atoms with Crippen LogP contribution in [0.1, 0.15) is 39.3 Å². The highest BCUT2D eigenvalue weighted by atomic mass is 32.1. The van der Waals surface area contributed by atoms with Crippen LogP contribution in [0.5, 0.6) is 0 Å². The van der Waals surface area contributed by atoms with Crippen molar-refractivity contribution in [1.29, 1.82) is 0 Å². The standard InChI is InChI=1S/C19H19N3OS/c23-18(21-13-14-7-3-4-10-20-14)17-15-8-1-2-9-16(15)24-19(17)22-11-5-6-12-22/h3-7,10-12H,1-2,8-9,13H2,(H,21,23). The number of carbonyl (C=O) groups excluding carboxylic acids is 1. The van der Waals surface area contributed by atoms with Crippen LogP contribution in [0.15, 0.2) is 48.9 Å². The Labute approximate surface area is 145 Å². The zero-order valence-electron chi connectivity index (χ0n) is 13.4. The summed E-state index contributed by atoms with van der Waals surface area (Å²) in [7, 11) is 0. The second-order valence-corrected chi connectivity index (χ2v) is 7.07. The SMILES string of the molecule is O=C(NCc1ccccn1)c1c(-n2cccc2)sc2c1CCCC2. The van der Waals surface area contributed by atoms with Crippen molar-refractivity contribution in [1.82, 2.24) is 14.9 Å². The minimum atomic E-state index is 0.00348. The lowest BCUT2D eigenvalue weighted by molar-refractivity contribution is 0.0949. The molecule has 0 saturated heterocycles. The van der Waals surface area contributed by atoms with Gasteiger partial charge in [0.15, 0.2) is 0 Å². The Morgan fingerprint density at radius 2 is 2.00 bits per heavy atom. The van der Waals surface area contributed by atoms with Crippen LogP contribution in [0.2, 0.25) is 0 Å². The smallest absolute Gasteiger partial charge is 0.254 e. The van der Waals surface area contributed by atoms with E-state index in [9.17, 15) is 4.79 Å². The number of nitrogens with one attached hydrogen (secondary N) is 1. The molecule has 1 aliphatic rings. The van der Waals surface area contributed by atoms with Crippen LogP contribution in [-0.2, 0) is 19.4 Å². The monoisotopic (exact) mass is 337 g/mol. The molecule has 0 aromatic carbocycles. The molecule has 0 fully saturated rings. The summed E-state index contributed by atoms with van der Waals surface area (Å²) < 4.78 is 2.05. The highest BCUT2D eigenvalue weighted by molar-refractivity contribution is 7.15. The van der Waals surface area contributed by atoms with Crippen LogP contribution in [0, 0.1) is 0 Å². The number of aryl methyl sites for hydroxylation is 1. The first kappa shape index (κ1) is 15.1. The summed E-state index contributed by atoms with van der Waals surface area (Å²) in [5.41, 5.74) is 2.97. The molecule has 0 aliphatic heterocycles. The van der Waals surface area contributed by atoms with Gasteiger partial charge in [0.25, 0.3) is 5.91 Å². The maximum atomic E-state index is 12.9. The lowest BCUT2D eigenvalue weighted by atomic mass is 9.95. The highest BCUT2D eigenvalue weighted by Gasteiger charge is 2.25. The Morgan fingerprint density at radius 3 is 2.79 bits per heavy atom. The molecule has 3 aromatic rings. The molecule has 0 spiro atoms. The fraction of sp³-hybridized carbons (Fsp3) is 0.263. The summed E-state index contributed by atoms with van der Waals surface area (Å²) in [6.07, 6.45) is 10.2. The van der Waals surface area contributed by atoms with Crippen molar-refractivity contribution >= 4 is 17.2 Å². The van der Waals surface area contributed by atoms with Gasteiger partial charge in [0.1, 0.15) is 5.00 Å². The quantitative estimate of drug-likeness (QED) is 0.788. The topological polar surface area (TPSA) is 46.9 Å². The second kappa shape index (κ2) is 6.61. The molecule has 0 unspecified atom stereocenters. The maximum absolute atomic E-state index is 12.9. The van der Waals surface area contributed by atoms with Crippen molar-refractivity contribution in [2.24, 2.45) is 0 Å². The van der Waals surface area contributed by atoms with E-state index in [0.717, 1.165) is 35.5 Å². The number of pyridine rings is 1. The lowest BCUT2D eigenvalue weighted by Crippen LogP contribution is -2.25. The maximum Gasteiger partial charge on any atom is 0.254 e. The van der Waals surface area contributed by atoms with Gasteiger partial charge < -0.3 is 9.88 Å². The predicted molar refractivity (Wildman–Crippen MR) is 95.7 cm³/mol. The minimum absolute atomic E-state index is 0.00348. The van der Waals surface area contributed by atoms with Crippen molar-refractivity contribution in [3.63, 3.8) is 0 Å². The predicted octanol–water partition coefficient (Wildman–Crippen LogP) is 3.74. The molecule has 0 atom stereocenters. The van der Waals surface area contributed by atoms with Gasteiger partial charge in [0, 0.05) is 23.5 Å². The molecule has 1 amide bonds. The second-order valence-electron chi connectivity index (χ2n) is 5.99. The summed E-state index contributed by atoms with van der Waals surface area (Å²) in [4.78, 5) is 18.6. The first-order chi connectivity index (χ1) is 11.8. The fourth-order valence-corrected chi connectivity index (χ4v) is 4.55. The summed E-state index contributed by atoms with van der Waals surface area (Å²) in [5, 5.41) is 4.08. The normalized spacial score (nSPS) is 13.5. The Bertz CT molecular complexity index is 837. The first-order valence-corrected chi connectivity index (χ1v) is 9.10. The zero-order chi connectivity index (χ0) is 16.4. The van der Waals surface area contributed by atoms with Crippen molar-refractivity contribution in [3.8, 4) is 5.00 Å². The Kier molecular flexibility index (Phi) is 4.17. The third kappa shape index (κ3) is 2.87. The van der Waals surface area contributed by atoms with E-state index in [0.29, 0.717) is 6.54 Å². The Morgan fingerprint density at radius 1 is 1.17 bits per heavy atom. The first-order valence-electron chi connectivity index (χ1n) is 8.29. The van der Waals surface area contributed by atoms with E-state index in [1.165, 1.54) is 16.9 Å². The van der Waals surface area contributed by atoms with Crippen LogP contribution in [0.4, 0.5) is 0 Å². The summed E-state index contributed by atoms with van der Waals surface area (Å²) in [6.45, 7) is 0.454. The van der Waals surface area contributed by atoms with Gasteiger partial charge in [-0.1, -0.05) is 6.07 Å². The molecule has 1 N–H and O–H groups in total. The number of fused-ring (bicyclic) bond motifs is 1. The molecule has 3 aromatic heterocycles. The molecule has 0 bridgehead atoms. The third-order valence-electron chi connectivity index (χ3n) is 4.37. The molecule has 122 valence electrons. The van der Waals surface area contributed by atoms with E-state index < -0.39 is 0 Å². The van der Waals surface area contributed by atoms with Crippen LogP contribution in [0.3, 0.4) is 0 Å². The Balaban J connectivity index is 1.65. The number of hydrogen-bond acceptors (Lipinski definition) is 3. The Hall–Kier alpha value is -2.40. The van der Waals surface area contributed by atoms with Gasteiger partial charge in [-0.15, -0.1) is 11.3 Å². The molecule has 4 rings (SSSR count). The van der Waals surface area contributed by atoms with Gasteiger partial charge in [0.05, 0.1) is 17.8 Å². The van der Waals surface area contributed by atoms with Crippen molar-refractivity contribution in [3.05, 3.63) is 70.6 Å². The van der Waals surface area contributed by atoms with E-state index in [-0.39, 0.29) is 5.91 Å². The van der Waals surface area contributed by atoms with Crippen LogP contribution in [-0.4, -0.2) is 15.5 Å². The summed E-state index contributed by atoms with van der Waals surface area (Å²) >= 11 is 1.76. The lowest BCUT2D eigenvalue weighted by Gasteiger charge is -2.13. The van der Waals surface area contributed by atoms with Gasteiger partial charge in [-0.2, -0.15) is 0 Å². The molecule has 24 heavy (non-hydrogen) atoms. The highest BCUT2D eigenvalue weighted by Crippen LogP contribution is 2.36. The van der Waals surface area contributed by atoms with E-state index in [1.54, 1.807) is 17.5 Å². The fourth-order valence-electron chi connectivity index (χ4n) is 3.20. The summed E-state index contributed by atoms with van der Waals surface area (Å²) in [5.74, 6) is 0.00348. The number of carbonyl (C=O) groups is 1. The molecule has 3 heterocycles. The van der Waals surface area contributed by atoms with Crippen LogP contribution < -0.4 is 5.32 Å². The van der Waals surface area contributed by atoms with E-state index in [4.69, 9.17) is 0 Å². The number of amides is 1. The van der Waals surface area contributed by atoms with E-state index >= 15 is 0 Å². The number of thiophene rings is 1. The van der Waals surface area contributed by atoms with Gasteiger partial charge in [-0.25, -0.2) is 0 Å². The van der Waals surface area contributed by atoms with Crippen molar-refractivity contribution < 1.29 is 4.79 Å². The van der Waals surface area contributed by atoms with Crippen molar-refractivity contribution in [2.75, 3.05) is 0 Å². The van der Waals surface area contributed by atoms with Crippen LogP contribution in [0.25, 0.3) is 5.00 Å². The molecular weight excluding hydrogens is 318 g/mol. The molecule has 4 nitrogen and oxygen atoms in total. The summed E-state index contributed by atoms with van der Waals surface area (Å²) in [6, 6.07) is 9.73. The van der Waals surface area contributed by atoms with Gasteiger partial charge in [0.2, 0.25) is 0 Å². The molecule has 0 radical (unpaired) electrons. The average molecular weight is 337 g/mol. The average Bonchev–Trinajstić information content (AvgIpc) is 3.27. The van der Waals surface area contributed by atoms with Crippen molar-refractivity contribution in [2.45, 2.75) is 32.2 Å². The van der Waals surface area contributed by atoms with Gasteiger partial charge >= 0.3 is 0 Å². The molecule has 1 aliphatic carbocycles. The zero-order valence-corrected chi connectivity index (χ0v) is 14.2. The minimum Gasteiger partial charge on any atom is -0.346 e. The number of nitrogens with zero attached hydrogens (tertiary/aromatic N) is 2. The third-order valence-corrected chi connectivity index (χ3v) is 5.68. The number of rotatable bonds is 4. The molecular formula is C19H19N3OS. The largest absolute Gasteiger partial charge is 0.346 e. The van der Waals surface area contributed by atoms with Crippen LogP contribution >= 0.6 is 11.3 Å². The molecule has 0 saturated carbocycles. The van der Waals surface area contributed by atoms with E-state index in [1.807, 2.05) is 42.7 Å². The van der Waals surface area contributed by atoms with Gasteiger partial charge in [-0.3, -0.25) is 9.78 Å².